The van der Waals surface area contributed by atoms with E-state index in [9.17, 15) is 0 Å². The number of fused-ring (bicyclic) bond motifs is 6. The molecule has 0 amide bonds. The van der Waals surface area contributed by atoms with Gasteiger partial charge < -0.3 is 0 Å². The van der Waals surface area contributed by atoms with Gasteiger partial charge in [-0.05, 0) is 80.8 Å². The molecule has 0 fully saturated rings. The van der Waals surface area contributed by atoms with Crippen molar-refractivity contribution in [2.75, 3.05) is 4.90 Å². The molecule has 0 aliphatic heterocycles. The van der Waals surface area contributed by atoms with E-state index in [0.29, 0.717) is 0 Å². The maximum absolute atomic E-state index is 5.34. The third-order valence-corrected chi connectivity index (χ3v) is 11.2. The van der Waals surface area contributed by atoms with Crippen LogP contribution in [0.4, 0.5) is 17.3 Å². The molecule has 0 unspecified atom stereocenters. The van der Waals surface area contributed by atoms with E-state index in [1.165, 1.54) is 40.3 Å². The van der Waals surface area contributed by atoms with E-state index in [4.69, 9.17) is 9.97 Å². The van der Waals surface area contributed by atoms with Gasteiger partial charge in [-0.15, -0.1) is 47.5 Å². The summed E-state index contributed by atoms with van der Waals surface area (Å²) < 4.78 is 4.93. The van der Waals surface area contributed by atoms with Crippen LogP contribution in [-0.2, 0) is 21.1 Å². The summed E-state index contributed by atoms with van der Waals surface area (Å²) >= 11 is 3.59. The first-order chi connectivity index (χ1) is 23.1. The van der Waals surface area contributed by atoms with E-state index in [0.717, 1.165) is 51.0 Å². The third-order valence-electron chi connectivity index (χ3n) is 8.78. The molecule has 0 aliphatic carbocycles. The van der Waals surface area contributed by atoms with Gasteiger partial charge in [-0.25, -0.2) is 0 Å². The standard InChI is InChI=1S/C42H27N3S2.Pt/c1-26-12-7-13-27(2)40(26)45(38-24-10-20-34(43-38)32-18-8-16-30-28-14-3-5-22-36(28)46-41(30)32)39-25-11-21-35(44-39)33-19-9-17-31-29-15-4-6-23-37(29)47-42(31)33;/h3-17,20-25H,1-2H3;/q-2;+2. The molecule has 232 valence electrons. The Morgan fingerprint density at radius 1 is 0.500 bits per heavy atom. The van der Waals surface area contributed by atoms with Gasteiger partial charge in [0.1, 0.15) is 11.6 Å². The molecule has 0 saturated carbocycles. The van der Waals surface area contributed by atoms with Gasteiger partial charge in [-0.3, -0.25) is 14.9 Å². The SMILES string of the molecule is Cc1cccc(C)c1N(c1cccc(-c2[c-]ccc3c2sc2ccccc23)n1)c1cccc(-c2[c-]ccc3c2sc2ccccc23)n1.[Pt+2]. The second-order valence-corrected chi connectivity index (χ2v) is 13.8. The molecule has 0 N–H and O–H groups in total. The van der Waals surface area contributed by atoms with Gasteiger partial charge in [-0.1, -0.05) is 89.6 Å². The Kier molecular flexibility index (Phi) is 7.92. The zero-order valence-electron chi connectivity index (χ0n) is 26.1. The summed E-state index contributed by atoms with van der Waals surface area (Å²) in [5.74, 6) is 1.61. The molecule has 48 heavy (non-hydrogen) atoms. The largest absolute Gasteiger partial charge is 2.00 e. The van der Waals surface area contributed by atoms with Crippen molar-refractivity contribution in [3.05, 3.63) is 151 Å². The van der Waals surface area contributed by atoms with Crippen LogP contribution >= 0.6 is 22.7 Å². The van der Waals surface area contributed by atoms with Crippen molar-refractivity contribution in [2.45, 2.75) is 13.8 Å². The Hall–Kier alpha value is -4.67. The van der Waals surface area contributed by atoms with Crippen LogP contribution in [0.15, 0.2) is 127 Å². The Balaban J connectivity index is 0.00000336. The summed E-state index contributed by atoms with van der Waals surface area (Å²) in [4.78, 5) is 12.9. The van der Waals surface area contributed by atoms with Crippen LogP contribution < -0.4 is 4.90 Å². The van der Waals surface area contributed by atoms with Crippen LogP contribution in [0.1, 0.15) is 11.1 Å². The third kappa shape index (κ3) is 5.05. The molecule has 3 nitrogen and oxygen atoms in total. The molecule has 0 radical (unpaired) electrons. The first kappa shape index (κ1) is 30.6. The number of nitrogens with zero attached hydrogens (tertiary/aromatic N) is 3. The van der Waals surface area contributed by atoms with Crippen molar-refractivity contribution in [2.24, 2.45) is 0 Å². The van der Waals surface area contributed by atoms with Crippen LogP contribution in [0.2, 0.25) is 0 Å². The molecule has 4 aromatic heterocycles. The molecule has 0 spiro atoms. The summed E-state index contributed by atoms with van der Waals surface area (Å²) in [6.45, 7) is 4.31. The van der Waals surface area contributed by atoms with Gasteiger partial charge in [0.05, 0.1) is 5.69 Å². The second-order valence-electron chi connectivity index (χ2n) is 11.7. The van der Waals surface area contributed by atoms with E-state index in [-0.39, 0.29) is 21.1 Å². The summed E-state index contributed by atoms with van der Waals surface area (Å²) in [6, 6.07) is 51.5. The summed E-state index contributed by atoms with van der Waals surface area (Å²) in [6.07, 6.45) is 0. The van der Waals surface area contributed by atoms with Crippen LogP contribution in [0.5, 0.6) is 0 Å². The van der Waals surface area contributed by atoms with Crippen LogP contribution in [0.3, 0.4) is 0 Å². The molecular weight excluding hydrogens is 806 g/mol. The number of anilines is 3. The van der Waals surface area contributed by atoms with Crippen LogP contribution in [-0.4, -0.2) is 9.97 Å². The monoisotopic (exact) mass is 832 g/mol. The first-order valence-corrected chi connectivity index (χ1v) is 17.2. The van der Waals surface area contributed by atoms with Crippen LogP contribution in [0.25, 0.3) is 62.9 Å². The summed E-state index contributed by atoms with van der Waals surface area (Å²) in [7, 11) is 0. The second kappa shape index (κ2) is 12.4. The van der Waals surface area contributed by atoms with Crippen molar-refractivity contribution in [1.29, 1.82) is 0 Å². The van der Waals surface area contributed by atoms with E-state index in [1.54, 1.807) is 22.7 Å². The number of benzene rings is 5. The molecular formula is C42H27N3PtS2. The van der Waals surface area contributed by atoms with Crippen molar-refractivity contribution >= 4 is 80.3 Å². The fraction of sp³-hybridized carbons (Fsp3) is 0.0476. The molecule has 4 heterocycles. The zero-order valence-corrected chi connectivity index (χ0v) is 30.0. The maximum atomic E-state index is 5.34. The van der Waals surface area contributed by atoms with E-state index >= 15 is 0 Å². The number of aromatic nitrogens is 2. The van der Waals surface area contributed by atoms with E-state index in [1.807, 2.05) is 12.1 Å². The zero-order chi connectivity index (χ0) is 31.5. The Labute approximate surface area is 301 Å². The molecule has 9 rings (SSSR count). The smallest absolute Gasteiger partial charge is 0.280 e. The maximum Gasteiger partial charge on any atom is 2.00 e. The number of hydrogen-bond donors (Lipinski definition) is 0. The van der Waals surface area contributed by atoms with E-state index < -0.39 is 0 Å². The molecule has 5 aromatic carbocycles. The predicted molar refractivity (Wildman–Crippen MR) is 201 cm³/mol. The fourth-order valence-corrected chi connectivity index (χ4v) is 9.06. The first-order valence-electron chi connectivity index (χ1n) is 15.6. The average Bonchev–Trinajstić information content (AvgIpc) is 3.69. The molecule has 0 saturated heterocycles. The van der Waals surface area contributed by atoms with Crippen LogP contribution in [0, 0.1) is 26.0 Å². The number of para-hydroxylation sites is 1. The minimum atomic E-state index is 0. The van der Waals surface area contributed by atoms with Gasteiger partial charge in [0, 0.05) is 9.40 Å². The summed E-state index contributed by atoms with van der Waals surface area (Å²) in [5, 5.41) is 5.00. The van der Waals surface area contributed by atoms with Crippen molar-refractivity contribution in [1.82, 2.24) is 9.97 Å². The molecule has 6 heteroatoms. The molecule has 0 aliphatic rings. The molecule has 0 atom stereocenters. The minimum Gasteiger partial charge on any atom is -0.280 e. The van der Waals surface area contributed by atoms with Crippen molar-refractivity contribution in [3.63, 3.8) is 0 Å². The number of aryl methyl sites for hydroxylation is 2. The Bertz CT molecular complexity index is 2460. The van der Waals surface area contributed by atoms with Gasteiger partial charge in [-0.2, -0.15) is 22.7 Å². The molecule has 0 bridgehead atoms. The molecule has 9 aromatic rings. The Morgan fingerprint density at radius 2 is 0.958 bits per heavy atom. The van der Waals surface area contributed by atoms with Crippen molar-refractivity contribution < 1.29 is 21.1 Å². The Morgan fingerprint density at radius 3 is 1.46 bits per heavy atom. The van der Waals surface area contributed by atoms with E-state index in [2.05, 4.69) is 146 Å². The number of rotatable bonds is 5. The minimum absolute atomic E-state index is 0. The van der Waals surface area contributed by atoms with Crippen molar-refractivity contribution in [3.8, 4) is 22.5 Å². The van der Waals surface area contributed by atoms with Gasteiger partial charge in [0.15, 0.2) is 0 Å². The fourth-order valence-electron chi connectivity index (χ4n) is 6.64. The normalized spacial score (nSPS) is 11.4. The number of hydrogen-bond acceptors (Lipinski definition) is 5. The van der Waals surface area contributed by atoms with Gasteiger partial charge in [0.25, 0.3) is 0 Å². The number of thiophene rings is 2. The topological polar surface area (TPSA) is 29.0 Å². The predicted octanol–water partition coefficient (Wildman–Crippen LogP) is 12.2. The average molecular weight is 833 g/mol. The number of pyridine rings is 2. The van der Waals surface area contributed by atoms with Gasteiger partial charge in [0.2, 0.25) is 0 Å². The summed E-state index contributed by atoms with van der Waals surface area (Å²) in [5.41, 5.74) is 7.18. The van der Waals surface area contributed by atoms with Gasteiger partial charge >= 0.3 is 21.1 Å². The quantitative estimate of drug-likeness (QED) is 0.162.